The summed E-state index contributed by atoms with van der Waals surface area (Å²) in [4.78, 5) is 14.5. The highest BCUT2D eigenvalue weighted by atomic mass is 16.5. The van der Waals surface area contributed by atoms with Crippen molar-refractivity contribution in [1.29, 1.82) is 0 Å². The molecule has 1 aromatic carbocycles. The highest BCUT2D eigenvalue weighted by Gasteiger charge is 2.17. The number of likely N-dealkylation sites (tertiary alicyclic amines) is 1. The lowest BCUT2D eigenvalue weighted by molar-refractivity contribution is 0.0939. The number of hydrogen-bond acceptors (Lipinski definition) is 3. The number of aryl methyl sites for hydroxylation is 1. The van der Waals surface area contributed by atoms with Crippen LogP contribution in [0.3, 0.4) is 0 Å². The Hall–Kier alpha value is -1.55. The summed E-state index contributed by atoms with van der Waals surface area (Å²) in [7, 11) is 3.79. The molecule has 0 radical (unpaired) electrons. The van der Waals surface area contributed by atoms with Gasteiger partial charge in [0, 0.05) is 12.1 Å². The van der Waals surface area contributed by atoms with Gasteiger partial charge < -0.3 is 15.0 Å². The minimum atomic E-state index is 0.00896. The maximum Gasteiger partial charge on any atom is 0.251 e. The van der Waals surface area contributed by atoms with Crippen molar-refractivity contribution < 1.29 is 9.53 Å². The van der Waals surface area contributed by atoms with Gasteiger partial charge in [-0.1, -0.05) is 0 Å². The van der Waals surface area contributed by atoms with Gasteiger partial charge >= 0.3 is 0 Å². The Morgan fingerprint density at radius 1 is 1.40 bits per heavy atom. The lowest BCUT2D eigenvalue weighted by atomic mass is 9.97. The summed E-state index contributed by atoms with van der Waals surface area (Å²) in [5.41, 5.74) is 1.69. The molecule has 1 fully saturated rings. The third-order valence-corrected chi connectivity index (χ3v) is 4.05. The highest BCUT2D eigenvalue weighted by molar-refractivity contribution is 5.94. The Balaban J connectivity index is 1.87. The fourth-order valence-electron chi connectivity index (χ4n) is 2.62. The maximum absolute atomic E-state index is 12.1. The van der Waals surface area contributed by atoms with E-state index >= 15 is 0 Å². The molecule has 4 heteroatoms. The van der Waals surface area contributed by atoms with Crippen molar-refractivity contribution >= 4 is 5.91 Å². The van der Waals surface area contributed by atoms with E-state index in [0.29, 0.717) is 11.5 Å². The van der Waals surface area contributed by atoms with E-state index in [1.54, 1.807) is 7.11 Å². The van der Waals surface area contributed by atoms with E-state index in [0.717, 1.165) is 30.9 Å². The van der Waals surface area contributed by atoms with Crippen molar-refractivity contribution in [2.75, 3.05) is 33.8 Å². The van der Waals surface area contributed by atoms with Gasteiger partial charge in [0.15, 0.2) is 0 Å². The third-order valence-electron chi connectivity index (χ3n) is 4.05. The van der Waals surface area contributed by atoms with Gasteiger partial charge in [0.25, 0.3) is 5.91 Å². The van der Waals surface area contributed by atoms with Crippen LogP contribution < -0.4 is 10.1 Å². The van der Waals surface area contributed by atoms with Crippen LogP contribution in [0.4, 0.5) is 0 Å². The van der Waals surface area contributed by atoms with Crippen molar-refractivity contribution in [3.8, 4) is 5.75 Å². The van der Waals surface area contributed by atoms with Crippen LogP contribution in [-0.2, 0) is 0 Å². The number of nitrogens with zero attached hydrogens (tertiary/aromatic N) is 1. The van der Waals surface area contributed by atoms with Gasteiger partial charge in [0.05, 0.1) is 7.11 Å². The van der Waals surface area contributed by atoms with Crippen LogP contribution in [0.5, 0.6) is 5.75 Å². The number of rotatable bonds is 4. The predicted octanol–water partition coefficient (Wildman–Crippen LogP) is 2.08. The summed E-state index contributed by atoms with van der Waals surface area (Å²) in [5.74, 6) is 1.43. The molecule has 1 saturated heterocycles. The quantitative estimate of drug-likeness (QED) is 0.915. The van der Waals surface area contributed by atoms with Gasteiger partial charge in [-0.15, -0.1) is 0 Å². The topological polar surface area (TPSA) is 41.6 Å². The Morgan fingerprint density at radius 2 is 2.10 bits per heavy atom. The third kappa shape index (κ3) is 3.73. The zero-order valence-corrected chi connectivity index (χ0v) is 12.6. The van der Waals surface area contributed by atoms with Crippen molar-refractivity contribution in [2.24, 2.45) is 5.92 Å². The van der Waals surface area contributed by atoms with Gasteiger partial charge in [0.1, 0.15) is 5.75 Å². The van der Waals surface area contributed by atoms with E-state index in [2.05, 4.69) is 17.3 Å². The maximum atomic E-state index is 12.1. The molecule has 1 amide bonds. The Bertz CT molecular complexity index is 466. The van der Waals surface area contributed by atoms with E-state index in [9.17, 15) is 4.79 Å². The summed E-state index contributed by atoms with van der Waals surface area (Å²) in [5, 5.41) is 3.05. The van der Waals surface area contributed by atoms with Crippen LogP contribution in [0.2, 0.25) is 0 Å². The molecule has 1 N–H and O–H groups in total. The fourth-order valence-corrected chi connectivity index (χ4v) is 2.62. The molecule has 1 aromatic rings. The number of ether oxygens (including phenoxy) is 1. The summed E-state index contributed by atoms with van der Waals surface area (Å²) < 4.78 is 5.21. The van der Waals surface area contributed by atoms with Crippen molar-refractivity contribution in [1.82, 2.24) is 10.2 Å². The first-order valence-corrected chi connectivity index (χ1v) is 7.21. The monoisotopic (exact) mass is 276 g/mol. The van der Waals surface area contributed by atoms with Crippen LogP contribution in [0.15, 0.2) is 18.2 Å². The minimum Gasteiger partial charge on any atom is -0.496 e. The summed E-state index contributed by atoms with van der Waals surface area (Å²) in [6, 6.07) is 5.54. The molecular weight excluding hydrogens is 252 g/mol. The van der Waals surface area contributed by atoms with Gasteiger partial charge in [-0.3, -0.25) is 4.79 Å². The van der Waals surface area contributed by atoms with Gasteiger partial charge in [0.2, 0.25) is 0 Å². The molecule has 110 valence electrons. The minimum absolute atomic E-state index is 0.00896. The molecule has 1 aliphatic heterocycles. The van der Waals surface area contributed by atoms with Crippen LogP contribution in [0.1, 0.15) is 28.8 Å². The Morgan fingerprint density at radius 3 is 2.70 bits per heavy atom. The number of nitrogens with one attached hydrogen (secondary N) is 1. The van der Waals surface area contributed by atoms with Crippen molar-refractivity contribution in [2.45, 2.75) is 19.8 Å². The van der Waals surface area contributed by atoms with Crippen LogP contribution in [0, 0.1) is 12.8 Å². The molecule has 0 bridgehead atoms. The number of piperidine rings is 1. The van der Waals surface area contributed by atoms with E-state index in [1.165, 1.54) is 12.8 Å². The van der Waals surface area contributed by atoms with E-state index < -0.39 is 0 Å². The lowest BCUT2D eigenvalue weighted by Crippen LogP contribution is -2.36. The molecule has 0 aliphatic carbocycles. The smallest absolute Gasteiger partial charge is 0.251 e. The normalized spacial score (nSPS) is 16.9. The van der Waals surface area contributed by atoms with Gasteiger partial charge in [-0.05, 0) is 69.6 Å². The average molecular weight is 276 g/mol. The van der Waals surface area contributed by atoms with E-state index in [1.807, 2.05) is 25.1 Å². The number of carbonyl (C=O) groups is 1. The second kappa shape index (κ2) is 6.75. The first kappa shape index (κ1) is 14.9. The van der Waals surface area contributed by atoms with Gasteiger partial charge in [-0.2, -0.15) is 0 Å². The van der Waals surface area contributed by atoms with Crippen LogP contribution >= 0.6 is 0 Å². The van der Waals surface area contributed by atoms with Crippen LogP contribution in [-0.4, -0.2) is 44.6 Å². The number of carbonyl (C=O) groups excluding carboxylic acids is 1. The zero-order chi connectivity index (χ0) is 14.5. The standard InChI is InChI=1S/C16H24N2O2/c1-12-10-14(4-5-15(12)20-3)16(19)17-11-13-6-8-18(2)9-7-13/h4-5,10,13H,6-9,11H2,1-3H3,(H,17,19). The molecular formula is C16H24N2O2. The first-order valence-electron chi connectivity index (χ1n) is 7.21. The first-order chi connectivity index (χ1) is 9.60. The second-order valence-corrected chi connectivity index (χ2v) is 5.64. The second-order valence-electron chi connectivity index (χ2n) is 5.64. The fraction of sp³-hybridized carbons (Fsp3) is 0.562. The van der Waals surface area contributed by atoms with E-state index in [4.69, 9.17) is 4.74 Å². The number of methoxy groups -OCH3 is 1. The SMILES string of the molecule is COc1ccc(C(=O)NCC2CCN(C)CC2)cc1C. The van der Waals surface area contributed by atoms with Crippen molar-refractivity contribution in [3.05, 3.63) is 29.3 Å². The molecule has 1 heterocycles. The largest absolute Gasteiger partial charge is 0.496 e. The molecule has 1 aliphatic rings. The summed E-state index contributed by atoms with van der Waals surface area (Å²) in [6.45, 7) is 4.98. The predicted molar refractivity (Wildman–Crippen MR) is 80.3 cm³/mol. The molecule has 0 aromatic heterocycles. The van der Waals surface area contributed by atoms with Crippen LogP contribution in [0.25, 0.3) is 0 Å². The molecule has 20 heavy (non-hydrogen) atoms. The number of hydrogen-bond donors (Lipinski definition) is 1. The average Bonchev–Trinajstić information content (AvgIpc) is 2.46. The molecule has 0 saturated carbocycles. The number of benzene rings is 1. The summed E-state index contributed by atoms with van der Waals surface area (Å²) in [6.07, 6.45) is 2.33. The lowest BCUT2D eigenvalue weighted by Gasteiger charge is -2.28. The zero-order valence-electron chi connectivity index (χ0n) is 12.6. The summed E-state index contributed by atoms with van der Waals surface area (Å²) >= 11 is 0. The number of amides is 1. The van der Waals surface area contributed by atoms with E-state index in [-0.39, 0.29) is 5.91 Å². The molecule has 0 atom stereocenters. The molecule has 4 nitrogen and oxygen atoms in total. The molecule has 2 rings (SSSR count). The molecule has 0 spiro atoms. The highest BCUT2D eigenvalue weighted by Crippen LogP contribution is 2.19. The molecule has 0 unspecified atom stereocenters. The van der Waals surface area contributed by atoms with Gasteiger partial charge in [-0.25, -0.2) is 0 Å². The Labute approximate surface area is 121 Å². The van der Waals surface area contributed by atoms with Crippen molar-refractivity contribution in [3.63, 3.8) is 0 Å². The Kier molecular flexibility index (Phi) is 5.01.